The van der Waals surface area contributed by atoms with Crippen molar-refractivity contribution in [3.8, 4) is 0 Å². The van der Waals surface area contributed by atoms with Crippen LogP contribution in [-0.4, -0.2) is 38.1 Å². The molecule has 1 aliphatic heterocycles. The minimum absolute atomic E-state index is 0.317. The lowest BCUT2D eigenvalue weighted by molar-refractivity contribution is -0.147. The highest BCUT2D eigenvalue weighted by atomic mass is 16.5. The Morgan fingerprint density at radius 2 is 2.36 bits per heavy atom. The fourth-order valence-corrected chi connectivity index (χ4v) is 0.905. The average molecular weight is 158 g/mol. The first-order valence-electron chi connectivity index (χ1n) is 3.34. The van der Waals surface area contributed by atoms with Crippen LogP contribution in [0.3, 0.4) is 0 Å². The largest absolute Gasteiger partial charge is 0.467 e. The summed E-state index contributed by atoms with van der Waals surface area (Å²) in [4.78, 5) is 21.8. The van der Waals surface area contributed by atoms with E-state index < -0.39 is 12.0 Å². The normalized spacial score (nSPS) is 24.1. The Bertz CT molecular complexity index is 173. The van der Waals surface area contributed by atoms with Crippen LogP contribution in [0.2, 0.25) is 0 Å². The van der Waals surface area contributed by atoms with E-state index in [9.17, 15) is 9.59 Å². The maximum Gasteiger partial charge on any atom is 0.332 e. The Morgan fingerprint density at radius 3 is 2.91 bits per heavy atom. The molecule has 2 N–H and O–H groups in total. The summed E-state index contributed by atoms with van der Waals surface area (Å²) in [6, 6.07) is -0.825. The topological polar surface area (TPSA) is 67.4 Å². The maximum absolute atomic E-state index is 10.9. The summed E-state index contributed by atoms with van der Waals surface area (Å²) in [5, 5.41) is 5.28. The third-order valence-corrected chi connectivity index (χ3v) is 1.47. The van der Waals surface area contributed by atoms with Crippen molar-refractivity contribution in [2.24, 2.45) is 0 Å². The maximum atomic E-state index is 10.9. The Morgan fingerprint density at radius 1 is 1.64 bits per heavy atom. The summed E-state index contributed by atoms with van der Waals surface area (Å²) in [7, 11) is 1.26. The third kappa shape index (κ3) is 1.68. The Kier molecular flexibility index (Phi) is 2.43. The molecule has 1 amide bonds. The Hall–Kier alpha value is -1.10. The molecular weight excluding hydrogens is 148 g/mol. The van der Waals surface area contributed by atoms with Crippen molar-refractivity contribution < 1.29 is 14.3 Å². The van der Waals surface area contributed by atoms with Crippen molar-refractivity contribution in [1.82, 2.24) is 10.6 Å². The highest BCUT2D eigenvalue weighted by molar-refractivity contribution is 6.02. The van der Waals surface area contributed by atoms with Crippen LogP contribution < -0.4 is 10.6 Å². The first-order valence-corrected chi connectivity index (χ1v) is 3.34. The zero-order chi connectivity index (χ0) is 8.27. The van der Waals surface area contributed by atoms with E-state index in [1.165, 1.54) is 7.11 Å². The molecule has 1 heterocycles. The monoisotopic (exact) mass is 158 g/mol. The molecule has 1 atom stereocenters. The molecule has 0 spiro atoms. The predicted octanol–water partition coefficient (Wildman–Crippen LogP) is -1.75. The number of rotatable bonds is 1. The van der Waals surface area contributed by atoms with E-state index in [0.29, 0.717) is 13.1 Å². The average Bonchev–Trinajstić information content (AvgIpc) is 2.04. The van der Waals surface area contributed by atoms with Crippen molar-refractivity contribution in [3.63, 3.8) is 0 Å². The van der Waals surface area contributed by atoms with Crippen LogP contribution in [0.15, 0.2) is 0 Å². The second-order valence-electron chi connectivity index (χ2n) is 2.20. The lowest BCUT2D eigenvalue weighted by atomic mass is 10.2. The van der Waals surface area contributed by atoms with E-state index >= 15 is 0 Å². The van der Waals surface area contributed by atoms with Gasteiger partial charge in [0.2, 0.25) is 5.91 Å². The zero-order valence-electron chi connectivity index (χ0n) is 6.22. The van der Waals surface area contributed by atoms with Crippen molar-refractivity contribution in [3.05, 3.63) is 0 Å². The second kappa shape index (κ2) is 3.34. The molecule has 1 unspecified atom stereocenters. The Labute approximate surface area is 64.1 Å². The SMILES string of the molecule is COC(=O)C1NCCNC1=O. The van der Waals surface area contributed by atoms with Gasteiger partial charge in [-0.1, -0.05) is 0 Å². The molecule has 0 aromatic rings. The van der Waals surface area contributed by atoms with Gasteiger partial charge in [0.1, 0.15) is 0 Å². The van der Waals surface area contributed by atoms with Crippen LogP contribution in [0, 0.1) is 0 Å². The van der Waals surface area contributed by atoms with Gasteiger partial charge in [-0.2, -0.15) is 0 Å². The lowest BCUT2D eigenvalue weighted by Crippen LogP contribution is -2.56. The molecule has 1 rings (SSSR count). The van der Waals surface area contributed by atoms with Gasteiger partial charge in [0.25, 0.3) is 0 Å². The predicted molar refractivity (Wildman–Crippen MR) is 36.8 cm³/mol. The molecule has 1 aliphatic rings. The van der Waals surface area contributed by atoms with Gasteiger partial charge in [0, 0.05) is 13.1 Å². The van der Waals surface area contributed by atoms with Crippen LogP contribution in [0.1, 0.15) is 0 Å². The number of methoxy groups -OCH3 is 1. The van der Waals surface area contributed by atoms with Gasteiger partial charge < -0.3 is 10.1 Å². The third-order valence-electron chi connectivity index (χ3n) is 1.47. The standard InChI is InChI=1S/C6H10N2O3/c1-11-6(10)4-5(9)8-3-2-7-4/h4,7H,2-3H2,1H3,(H,8,9). The highest BCUT2D eigenvalue weighted by Gasteiger charge is 2.28. The van der Waals surface area contributed by atoms with Crippen molar-refractivity contribution in [2.45, 2.75) is 6.04 Å². The first-order chi connectivity index (χ1) is 5.25. The molecule has 1 fully saturated rings. The lowest BCUT2D eigenvalue weighted by Gasteiger charge is -2.20. The van der Waals surface area contributed by atoms with E-state index in [1.807, 2.05) is 0 Å². The molecule has 0 aromatic carbocycles. The van der Waals surface area contributed by atoms with Crippen LogP contribution in [0.5, 0.6) is 0 Å². The fourth-order valence-electron chi connectivity index (χ4n) is 0.905. The number of ether oxygens (including phenoxy) is 1. The summed E-state index contributed by atoms with van der Waals surface area (Å²) in [6.45, 7) is 1.16. The zero-order valence-corrected chi connectivity index (χ0v) is 6.22. The quantitative estimate of drug-likeness (QED) is 0.350. The van der Waals surface area contributed by atoms with Gasteiger partial charge in [-0.3, -0.25) is 10.1 Å². The van der Waals surface area contributed by atoms with E-state index in [4.69, 9.17) is 0 Å². The number of carbonyl (C=O) groups is 2. The number of carbonyl (C=O) groups excluding carboxylic acids is 2. The number of hydrogen-bond acceptors (Lipinski definition) is 4. The molecule has 0 bridgehead atoms. The molecule has 0 aromatic heterocycles. The summed E-state index contributed by atoms with van der Waals surface area (Å²) >= 11 is 0. The van der Waals surface area contributed by atoms with Crippen molar-refractivity contribution >= 4 is 11.9 Å². The van der Waals surface area contributed by atoms with Crippen LogP contribution >= 0.6 is 0 Å². The van der Waals surface area contributed by atoms with Crippen LogP contribution in [0.4, 0.5) is 0 Å². The molecule has 1 saturated heterocycles. The van der Waals surface area contributed by atoms with Crippen LogP contribution in [0.25, 0.3) is 0 Å². The summed E-state index contributed by atoms with van der Waals surface area (Å²) < 4.78 is 4.40. The molecule has 0 radical (unpaired) electrons. The van der Waals surface area contributed by atoms with Gasteiger partial charge in [-0.15, -0.1) is 0 Å². The van der Waals surface area contributed by atoms with E-state index in [2.05, 4.69) is 15.4 Å². The summed E-state index contributed by atoms with van der Waals surface area (Å²) in [6.07, 6.45) is 0. The second-order valence-corrected chi connectivity index (χ2v) is 2.20. The highest BCUT2D eigenvalue weighted by Crippen LogP contribution is 1.91. The van der Waals surface area contributed by atoms with Crippen molar-refractivity contribution in [2.75, 3.05) is 20.2 Å². The van der Waals surface area contributed by atoms with Gasteiger partial charge >= 0.3 is 5.97 Å². The van der Waals surface area contributed by atoms with Crippen molar-refractivity contribution in [1.29, 1.82) is 0 Å². The van der Waals surface area contributed by atoms with E-state index in [0.717, 1.165) is 0 Å². The molecule has 62 valence electrons. The van der Waals surface area contributed by atoms with Crippen LogP contribution in [-0.2, 0) is 14.3 Å². The van der Waals surface area contributed by atoms with Gasteiger partial charge in [-0.05, 0) is 0 Å². The molecule has 0 saturated carbocycles. The molecule has 5 nitrogen and oxygen atoms in total. The molecule has 5 heteroatoms. The number of nitrogens with one attached hydrogen (secondary N) is 2. The first kappa shape index (κ1) is 8.00. The summed E-state index contributed by atoms with van der Waals surface area (Å²) in [5.74, 6) is -0.856. The minimum atomic E-state index is -0.825. The smallest absolute Gasteiger partial charge is 0.332 e. The minimum Gasteiger partial charge on any atom is -0.467 e. The number of piperazine rings is 1. The van der Waals surface area contributed by atoms with E-state index in [-0.39, 0.29) is 5.91 Å². The summed E-state index contributed by atoms with van der Waals surface area (Å²) in [5.41, 5.74) is 0. The molecule has 0 aliphatic carbocycles. The van der Waals surface area contributed by atoms with Gasteiger partial charge in [-0.25, -0.2) is 4.79 Å². The Balaban J connectivity index is 2.54. The van der Waals surface area contributed by atoms with Gasteiger partial charge in [0.15, 0.2) is 6.04 Å². The van der Waals surface area contributed by atoms with E-state index in [1.54, 1.807) is 0 Å². The fraction of sp³-hybridized carbons (Fsp3) is 0.667. The van der Waals surface area contributed by atoms with Gasteiger partial charge in [0.05, 0.1) is 7.11 Å². The number of hydrogen-bond donors (Lipinski definition) is 2. The number of esters is 1. The number of amides is 1. The molecular formula is C6H10N2O3. The molecule has 11 heavy (non-hydrogen) atoms.